The fourth-order valence-corrected chi connectivity index (χ4v) is 3.22. The molecule has 1 aromatic heterocycles. The Bertz CT molecular complexity index is 633. The maximum absolute atomic E-state index is 6.39. The van der Waals surface area contributed by atoms with E-state index in [0.717, 1.165) is 49.7 Å². The molecule has 1 saturated heterocycles. The summed E-state index contributed by atoms with van der Waals surface area (Å²) in [6.07, 6.45) is 1.94. The molecule has 4 nitrogen and oxygen atoms in total. The van der Waals surface area contributed by atoms with Crippen molar-refractivity contribution < 1.29 is 0 Å². The fourth-order valence-electron chi connectivity index (χ4n) is 3.22. The van der Waals surface area contributed by atoms with Gasteiger partial charge in [0, 0.05) is 32.4 Å². The smallest absolute Gasteiger partial charge is 0.131 e. The number of pyridine rings is 1. The predicted molar refractivity (Wildman–Crippen MR) is 95.8 cm³/mol. The zero-order chi connectivity index (χ0) is 16.2. The highest BCUT2D eigenvalue weighted by molar-refractivity contribution is 5.49. The van der Waals surface area contributed by atoms with Crippen LogP contribution in [-0.2, 0) is 0 Å². The molecular formula is C19H26N4. The minimum atomic E-state index is -0.117. The third-order valence-corrected chi connectivity index (χ3v) is 4.71. The van der Waals surface area contributed by atoms with E-state index in [2.05, 4.69) is 41.8 Å². The summed E-state index contributed by atoms with van der Waals surface area (Å²) in [5, 5.41) is 0. The zero-order valence-corrected chi connectivity index (χ0v) is 14.1. The Hall–Kier alpha value is -1.91. The molecule has 0 spiro atoms. The van der Waals surface area contributed by atoms with Crippen LogP contribution in [0.4, 0.5) is 5.82 Å². The number of anilines is 1. The lowest BCUT2D eigenvalue weighted by atomic mass is 10.00. The van der Waals surface area contributed by atoms with Gasteiger partial charge in [-0.1, -0.05) is 37.3 Å². The van der Waals surface area contributed by atoms with Crippen LogP contribution >= 0.6 is 0 Å². The third kappa shape index (κ3) is 3.54. The summed E-state index contributed by atoms with van der Waals surface area (Å²) in [6.45, 7) is 9.81. The molecular weight excluding hydrogens is 284 g/mol. The monoisotopic (exact) mass is 310 g/mol. The van der Waals surface area contributed by atoms with Crippen LogP contribution in [0.5, 0.6) is 0 Å². The molecule has 1 fully saturated rings. The average molecular weight is 310 g/mol. The van der Waals surface area contributed by atoms with Crippen LogP contribution in [0.2, 0.25) is 0 Å². The van der Waals surface area contributed by atoms with Gasteiger partial charge in [0.1, 0.15) is 5.82 Å². The number of aryl methyl sites for hydroxylation is 1. The second-order valence-electron chi connectivity index (χ2n) is 6.22. The van der Waals surface area contributed by atoms with E-state index in [1.165, 1.54) is 5.56 Å². The van der Waals surface area contributed by atoms with Gasteiger partial charge in [0.15, 0.2) is 0 Å². The molecule has 4 heteroatoms. The molecule has 23 heavy (non-hydrogen) atoms. The first-order valence-corrected chi connectivity index (χ1v) is 8.43. The molecule has 0 unspecified atom stereocenters. The molecule has 0 bridgehead atoms. The Balaban J connectivity index is 1.76. The summed E-state index contributed by atoms with van der Waals surface area (Å²) >= 11 is 0. The van der Waals surface area contributed by atoms with E-state index in [-0.39, 0.29) is 6.04 Å². The largest absolute Gasteiger partial charge is 0.354 e. The highest BCUT2D eigenvalue weighted by Crippen LogP contribution is 2.24. The molecule has 1 aliphatic heterocycles. The van der Waals surface area contributed by atoms with Crippen molar-refractivity contribution in [2.75, 3.05) is 37.6 Å². The van der Waals surface area contributed by atoms with Crippen LogP contribution in [-0.4, -0.2) is 42.6 Å². The number of nitrogens with zero attached hydrogens (tertiary/aromatic N) is 3. The summed E-state index contributed by atoms with van der Waals surface area (Å²) in [4.78, 5) is 9.59. The Morgan fingerprint density at radius 3 is 2.39 bits per heavy atom. The molecule has 2 aromatic rings. The molecule has 2 N–H and O–H groups in total. The first-order valence-electron chi connectivity index (χ1n) is 8.43. The van der Waals surface area contributed by atoms with Crippen LogP contribution in [0, 0.1) is 6.92 Å². The van der Waals surface area contributed by atoms with Gasteiger partial charge >= 0.3 is 0 Å². The van der Waals surface area contributed by atoms with Crippen molar-refractivity contribution in [1.29, 1.82) is 0 Å². The number of piperazine rings is 1. The molecule has 122 valence electrons. The number of rotatable bonds is 4. The van der Waals surface area contributed by atoms with E-state index in [1.54, 1.807) is 0 Å². The lowest BCUT2D eigenvalue weighted by Crippen LogP contribution is -2.46. The minimum Gasteiger partial charge on any atom is -0.354 e. The lowest BCUT2D eigenvalue weighted by Gasteiger charge is -2.35. The Morgan fingerprint density at radius 2 is 1.78 bits per heavy atom. The van der Waals surface area contributed by atoms with E-state index in [1.807, 2.05) is 24.4 Å². The van der Waals surface area contributed by atoms with Gasteiger partial charge in [-0.3, -0.25) is 0 Å². The molecule has 1 atom stereocenters. The van der Waals surface area contributed by atoms with Crippen molar-refractivity contribution in [3.63, 3.8) is 0 Å². The van der Waals surface area contributed by atoms with Crippen LogP contribution in [0.1, 0.15) is 29.7 Å². The molecule has 0 radical (unpaired) electrons. The van der Waals surface area contributed by atoms with Gasteiger partial charge in [0.2, 0.25) is 0 Å². The Morgan fingerprint density at radius 1 is 1.09 bits per heavy atom. The van der Waals surface area contributed by atoms with E-state index in [9.17, 15) is 0 Å². The lowest BCUT2D eigenvalue weighted by molar-refractivity contribution is 0.270. The summed E-state index contributed by atoms with van der Waals surface area (Å²) < 4.78 is 0. The first-order chi connectivity index (χ1) is 11.2. The molecule has 1 aliphatic rings. The second kappa shape index (κ2) is 7.11. The topological polar surface area (TPSA) is 45.4 Å². The fraction of sp³-hybridized carbons (Fsp3) is 0.421. The van der Waals surface area contributed by atoms with Crippen molar-refractivity contribution in [1.82, 2.24) is 9.88 Å². The number of nitrogens with two attached hydrogens (primary N) is 1. The van der Waals surface area contributed by atoms with Crippen molar-refractivity contribution in [3.05, 3.63) is 59.3 Å². The van der Waals surface area contributed by atoms with Crippen molar-refractivity contribution >= 4 is 5.82 Å². The predicted octanol–water partition coefficient (Wildman–Crippen LogP) is 2.58. The van der Waals surface area contributed by atoms with Gasteiger partial charge in [-0.25, -0.2) is 4.98 Å². The number of aromatic nitrogens is 1. The van der Waals surface area contributed by atoms with Gasteiger partial charge in [-0.05, 0) is 36.2 Å². The average Bonchev–Trinajstić information content (AvgIpc) is 2.62. The van der Waals surface area contributed by atoms with E-state index in [0.29, 0.717) is 0 Å². The minimum absolute atomic E-state index is 0.117. The number of likely N-dealkylation sites (N-methyl/N-ethyl adjacent to an activating group) is 1. The first kappa shape index (κ1) is 16.0. The maximum Gasteiger partial charge on any atom is 0.131 e. The Kier molecular flexibility index (Phi) is 4.94. The van der Waals surface area contributed by atoms with Crippen molar-refractivity contribution in [2.45, 2.75) is 19.9 Å². The van der Waals surface area contributed by atoms with Crippen LogP contribution in [0.25, 0.3) is 0 Å². The van der Waals surface area contributed by atoms with Crippen LogP contribution in [0.15, 0.2) is 42.6 Å². The maximum atomic E-state index is 6.39. The van der Waals surface area contributed by atoms with Crippen LogP contribution < -0.4 is 10.6 Å². The molecule has 3 rings (SSSR count). The van der Waals surface area contributed by atoms with E-state index >= 15 is 0 Å². The normalized spacial score (nSPS) is 17.3. The quantitative estimate of drug-likeness (QED) is 0.943. The number of benzene rings is 1. The molecule has 0 aliphatic carbocycles. The molecule has 1 aromatic carbocycles. The number of hydrogen-bond donors (Lipinski definition) is 1. The highest BCUT2D eigenvalue weighted by atomic mass is 15.3. The van der Waals surface area contributed by atoms with Crippen molar-refractivity contribution in [2.24, 2.45) is 5.73 Å². The van der Waals surface area contributed by atoms with Crippen molar-refractivity contribution in [3.8, 4) is 0 Å². The second-order valence-corrected chi connectivity index (χ2v) is 6.22. The van der Waals surface area contributed by atoms with Gasteiger partial charge in [-0.2, -0.15) is 0 Å². The molecule has 2 heterocycles. The third-order valence-electron chi connectivity index (χ3n) is 4.71. The zero-order valence-electron chi connectivity index (χ0n) is 14.1. The SMILES string of the molecule is CCN1CCN(c2ncc([C@@H](N)c3ccccc3)cc2C)CC1. The van der Waals surface area contributed by atoms with Gasteiger partial charge < -0.3 is 15.5 Å². The number of hydrogen-bond acceptors (Lipinski definition) is 4. The van der Waals surface area contributed by atoms with Gasteiger partial charge in [-0.15, -0.1) is 0 Å². The summed E-state index contributed by atoms with van der Waals surface area (Å²) in [5.74, 6) is 1.10. The molecule has 0 saturated carbocycles. The standard InChI is InChI=1S/C19H26N4/c1-3-22-9-11-23(12-10-22)19-15(2)13-17(14-21-19)18(20)16-7-5-4-6-8-16/h4-8,13-14,18H,3,9-12,20H2,1-2H3/t18-/m0/s1. The summed E-state index contributed by atoms with van der Waals surface area (Å²) in [5.41, 5.74) is 9.79. The van der Waals surface area contributed by atoms with Gasteiger partial charge in [0.05, 0.1) is 6.04 Å². The van der Waals surface area contributed by atoms with Gasteiger partial charge in [0.25, 0.3) is 0 Å². The van der Waals surface area contributed by atoms with E-state index < -0.39 is 0 Å². The van der Waals surface area contributed by atoms with Crippen LogP contribution in [0.3, 0.4) is 0 Å². The Labute approximate surface area is 138 Å². The molecule has 0 amide bonds. The highest BCUT2D eigenvalue weighted by Gasteiger charge is 2.19. The summed E-state index contributed by atoms with van der Waals surface area (Å²) in [6, 6.07) is 12.3. The van der Waals surface area contributed by atoms with E-state index in [4.69, 9.17) is 10.7 Å². The summed E-state index contributed by atoms with van der Waals surface area (Å²) in [7, 11) is 0.